The van der Waals surface area contributed by atoms with Gasteiger partial charge in [0.25, 0.3) is 5.91 Å². The summed E-state index contributed by atoms with van der Waals surface area (Å²) in [5.41, 5.74) is 3.42. The molecule has 37 heavy (non-hydrogen) atoms. The lowest BCUT2D eigenvalue weighted by Gasteiger charge is -2.10. The van der Waals surface area contributed by atoms with Crippen molar-refractivity contribution >= 4 is 58.5 Å². The van der Waals surface area contributed by atoms with Crippen LogP contribution in [0.25, 0.3) is 0 Å². The summed E-state index contributed by atoms with van der Waals surface area (Å²) in [6.45, 7) is 3.61. The molecule has 190 valence electrons. The molecule has 0 aliphatic carbocycles. The Balaban J connectivity index is 1.51. The highest BCUT2D eigenvalue weighted by Gasteiger charge is 2.13. The van der Waals surface area contributed by atoms with Crippen LogP contribution in [0.2, 0.25) is 10.0 Å². The van der Waals surface area contributed by atoms with Gasteiger partial charge in [0.15, 0.2) is 6.61 Å². The van der Waals surface area contributed by atoms with Crippen LogP contribution in [0.4, 0.5) is 11.4 Å². The Morgan fingerprint density at radius 2 is 1.68 bits per heavy atom. The molecule has 0 aromatic heterocycles. The number of nitrogens with zero attached hydrogens (tertiary/aromatic N) is 1. The standard InChI is InChI=1S/C26H22Cl2N4O5/c1-2-13-36-20-10-8-19(9-11-20)30-25(34)26(35)32-29-15-17-5-3-4-6-23(17)37-16-24(33)31-22-12-7-18(27)14-21(22)28/h2-12,14-15H,1,13,16H2,(H,30,34)(H,31,33)(H,32,35)/b29-15-. The normalized spacial score (nSPS) is 10.4. The number of benzene rings is 3. The predicted molar refractivity (Wildman–Crippen MR) is 144 cm³/mol. The molecule has 0 spiro atoms. The molecule has 0 unspecified atom stereocenters. The third-order valence-electron chi connectivity index (χ3n) is 4.54. The van der Waals surface area contributed by atoms with Crippen molar-refractivity contribution in [3.8, 4) is 11.5 Å². The maximum atomic E-state index is 12.3. The number of rotatable bonds is 10. The third kappa shape index (κ3) is 8.68. The first-order valence-electron chi connectivity index (χ1n) is 10.8. The zero-order valence-electron chi connectivity index (χ0n) is 19.4. The lowest BCUT2D eigenvalue weighted by Crippen LogP contribution is -2.32. The summed E-state index contributed by atoms with van der Waals surface area (Å²) in [6, 6.07) is 17.9. The van der Waals surface area contributed by atoms with Crippen LogP contribution in [-0.2, 0) is 14.4 Å². The zero-order valence-corrected chi connectivity index (χ0v) is 20.9. The third-order valence-corrected chi connectivity index (χ3v) is 5.09. The fourth-order valence-corrected chi connectivity index (χ4v) is 3.28. The molecule has 0 atom stereocenters. The van der Waals surface area contributed by atoms with E-state index in [1.807, 2.05) is 0 Å². The van der Waals surface area contributed by atoms with Crippen molar-refractivity contribution in [3.05, 3.63) is 95.0 Å². The van der Waals surface area contributed by atoms with Crippen molar-refractivity contribution in [2.75, 3.05) is 23.8 Å². The minimum absolute atomic E-state index is 0.294. The van der Waals surface area contributed by atoms with Gasteiger partial charge in [-0.05, 0) is 54.6 Å². The Bertz CT molecular complexity index is 1310. The van der Waals surface area contributed by atoms with Crippen LogP contribution in [-0.4, -0.2) is 37.1 Å². The predicted octanol–water partition coefficient (Wildman–Crippen LogP) is 4.66. The van der Waals surface area contributed by atoms with E-state index in [0.29, 0.717) is 45.1 Å². The van der Waals surface area contributed by atoms with Gasteiger partial charge in [-0.2, -0.15) is 5.10 Å². The first-order valence-corrected chi connectivity index (χ1v) is 11.6. The zero-order chi connectivity index (χ0) is 26.6. The lowest BCUT2D eigenvalue weighted by molar-refractivity contribution is -0.136. The quantitative estimate of drug-likeness (QED) is 0.149. The van der Waals surface area contributed by atoms with Gasteiger partial charge in [0.1, 0.15) is 18.1 Å². The van der Waals surface area contributed by atoms with Crippen LogP contribution >= 0.6 is 23.2 Å². The first kappa shape index (κ1) is 27.3. The second kappa shape index (κ2) is 13.7. The molecule has 11 heteroatoms. The molecule has 3 rings (SSSR count). The van der Waals surface area contributed by atoms with Gasteiger partial charge in [-0.1, -0.05) is 48.0 Å². The molecule has 9 nitrogen and oxygen atoms in total. The number of anilines is 2. The Labute approximate surface area is 223 Å². The number of hydrogen-bond acceptors (Lipinski definition) is 6. The molecule has 0 aliphatic rings. The largest absolute Gasteiger partial charge is 0.490 e. The van der Waals surface area contributed by atoms with Crippen molar-refractivity contribution in [3.63, 3.8) is 0 Å². The molecule has 3 N–H and O–H groups in total. The monoisotopic (exact) mass is 540 g/mol. The summed E-state index contributed by atoms with van der Waals surface area (Å²) < 4.78 is 10.9. The number of para-hydroxylation sites is 1. The van der Waals surface area contributed by atoms with E-state index in [1.54, 1.807) is 66.7 Å². The SMILES string of the molecule is C=CCOc1ccc(NC(=O)C(=O)N/N=C\c2ccccc2OCC(=O)Nc2ccc(Cl)cc2Cl)cc1. The summed E-state index contributed by atoms with van der Waals surface area (Å²) in [5.74, 6) is -1.39. The number of nitrogens with one attached hydrogen (secondary N) is 3. The minimum atomic E-state index is -0.971. The van der Waals surface area contributed by atoms with Crippen LogP contribution in [0, 0.1) is 0 Å². The molecule has 3 amide bonds. The lowest BCUT2D eigenvalue weighted by atomic mass is 10.2. The molecule has 0 radical (unpaired) electrons. The van der Waals surface area contributed by atoms with Crippen molar-refractivity contribution in [2.45, 2.75) is 0 Å². The molecule has 0 saturated carbocycles. The summed E-state index contributed by atoms with van der Waals surface area (Å²) in [7, 11) is 0. The average Bonchev–Trinajstić information content (AvgIpc) is 2.89. The Hall–Kier alpha value is -4.34. The average molecular weight is 541 g/mol. The molecule has 0 saturated heterocycles. The number of amides is 3. The highest BCUT2D eigenvalue weighted by atomic mass is 35.5. The summed E-state index contributed by atoms with van der Waals surface area (Å²) >= 11 is 11.9. The topological polar surface area (TPSA) is 118 Å². The van der Waals surface area contributed by atoms with Gasteiger partial charge in [-0.15, -0.1) is 0 Å². The summed E-state index contributed by atoms with van der Waals surface area (Å²) in [4.78, 5) is 36.5. The number of hydrogen-bond donors (Lipinski definition) is 3. The number of carbonyl (C=O) groups excluding carboxylic acids is 3. The van der Waals surface area contributed by atoms with E-state index in [9.17, 15) is 14.4 Å². The summed E-state index contributed by atoms with van der Waals surface area (Å²) in [6.07, 6.45) is 2.90. The van der Waals surface area contributed by atoms with Crippen molar-refractivity contribution in [1.29, 1.82) is 0 Å². The van der Waals surface area contributed by atoms with Gasteiger partial charge < -0.3 is 20.1 Å². The Kier molecular flexibility index (Phi) is 10.1. The number of hydrazone groups is 1. The van der Waals surface area contributed by atoms with Gasteiger partial charge in [-0.25, -0.2) is 5.43 Å². The molecule has 3 aromatic carbocycles. The first-order chi connectivity index (χ1) is 17.9. The number of halogens is 2. The van der Waals surface area contributed by atoms with Crippen LogP contribution in [0.5, 0.6) is 11.5 Å². The van der Waals surface area contributed by atoms with Crippen molar-refractivity contribution in [1.82, 2.24) is 5.43 Å². The van der Waals surface area contributed by atoms with Gasteiger partial charge in [0.2, 0.25) is 0 Å². The van der Waals surface area contributed by atoms with E-state index in [4.69, 9.17) is 32.7 Å². The maximum absolute atomic E-state index is 12.3. The second-order valence-electron chi connectivity index (χ2n) is 7.28. The van der Waals surface area contributed by atoms with E-state index >= 15 is 0 Å². The molecule has 0 fully saturated rings. The highest BCUT2D eigenvalue weighted by Crippen LogP contribution is 2.25. The van der Waals surface area contributed by atoms with Crippen LogP contribution in [0.3, 0.4) is 0 Å². The molecule has 0 aliphatic heterocycles. The van der Waals surface area contributed by atoms with Crippen LogP contribution < -0.4 is 25.5 Å². The van der Waals surface area contributed by atoms with E-state index in [-0.39, 0.29) is 6.61 Å². The summed E-state index contributed by atoms with van der Waals surface area (Å²) in [5, 5.41) is 9.63. The molecule has 0 heterocycles. The second-order valence-corrected chi connectivity index (χ2v) is 8.12. The van der Waals surface area contributed by atoms with Crippen molar-refractivity contribution in [2.24, 2.45) is 5.10 Å². The highest BCUT2D eigenvalue weighted by molar-refractivity contribution is 6.39. The molecular weight excluding hydrogens is 519 g/mol. The van der Waals surface area contributed by atoms with E-state index in [0.717, 1.165) is 0 Å². The Morgan fingerprint density at radius 1 is 0.919 bits per heavy atom. The molecular formula is C26H22Cl2N4O5. The van der Waals surface area contributed by atoms with Crippen LogP contribution in [0.15, 0.2) is 84.5 Å². The fraction of sp³-hybridized carbons (Fsp3) is 0.0769. The number of ether oxygens (including phenoxy) is 2. The minimum Gasteiger partial charge on any atom is -0.490 e. The fourth-order valence-electron chi connectivity index (χ4n) is 2.83. The van der Waals surface area contributed by atoms with Gasteiger partial charge in [-0.3, -0.25) is 14.4 Å². The Morgan fingerprint density at radius 3 is 2.41 bits per heavy atom. The molecule has 0 bridgehead atoms. The van der Waals surface area contributed by atoms with Crippen LogP contribution in [0.1, 0.15) is 5.56 Å². The smallest absolute Gasteiger partial charge is 0.329 e. The molecule has 3 aromatic rings. The van der Waals surface area contributed by atoms with E-state index in [2.05, 4.69) is 27.7 Å². The maximum Gasteiger partial charge on any atom is 0.329 e. The van der Waals surface area contributed by atoms with Gasteiger partial charge >= 0.3 is 11.8 Å². The van der Waals surface area contributed by atoms with E-state index < -0.39 is 17.7 Å². The number of carbonyl (C=O) groups is 3. The van der Waals surface area contributed by atoms with Gasteiger partial charge in [0.05, 0.1) is 16.9 Å². The van der Waals surface area contributed by atoms with E-state index in [1.165, 1.54) is 12.3 Å². The van der Waals surface area contributed by atoms with Gasteiger partial charge in [0, 0.05) is 16.3 Å². The van der Waals surface area contributed by atoms with Crippen molar-refractivity contribution < 1.29 is 23.9 Å².